The quantitative estimate of drug-likeness (QED) is 0.664. The van der Waals surface area contributed by atoms with Crippen LogP contribution in [0.3, 0.4) is 0 Å². The fourth-order valence-corrected chi connectivity index (χ4v) is 1.24. The van der Waals surface area contributed by atoms with Crippen molar-refractivity contribution in [2.75, 3.05) is 6.54 Å². The third kappa shape index (κ3) is 4.55. The van der Waals surface area contributed by atoms with Crippen molar-refractivity contribution in [1.29, 1.82) is 0 Å². The molecule has 1 rings (SSSR count). The minimum atomic E-state index is -0.684. The second-order valence-electron chi connectivity index (χ2n) is 2.89. The van der Waals surface area contributed by atoms with Crippen LogP contribution in [0.4, 0.5) is 0 Å². The summed E-state index contributed by atoms with van der Waals surface area (Å²) in [5, 5.41) is 12.5. The van der Waals surface area contributed by atoms with Crippen molar-refractivity contribution in [3.63, 3.8) is 0 Å². The summed E-state index contributed by atoms with van der Waals surface area (Å²) in [6.07, 6.45) is 0. The van der Waals surface area contributed by atoms with E-state index in [1.165, 1.54) is 0 Å². The highest BCUT2D eigenvalue weighted by molar-refractivity contribution is 9.10. The number of nitrogens with one attached hydrogen (secondary N) is 1. The number of benzene rings is 1. The molecule has 0 aliphatic rings. The first-order valence-electron chi connectivity index (χ1n) is 4.21. The van der Waals surface area contributed by atoms with Gasteiger partial charge in [0, 0.05) is 15.9 Å². The van der Waals surface area contributed by atoms with Crippen LogP contribution in [0.15, 0.2) is 28.7 Å². The average Bonchev–Trinajstić information content (AvgIpc) is 2.16. The Kier molecular flexibility index (Phi) is 4.23. The summed E-state index contributed by atoms with van der Waals surface area (Å²) in [5.74, 6) is -0.581. The highest BCUT2D eigenvalue weighted by Crippen LogP contribution is 2.09. The highest BCUT2D eigenvalue weighted by atomic mass is 79.9. The second-order valence-corrected chi connectivity index (χ2v) is 3.81. The van der Waals surface area contributed by atoms with Gasteiger partial charge in [0.05, 0.1) is 0 Å². The molecule has 80 valence electrons. The Morgan fingerprint density at radius 3 is 2.53 bits per heavy atom. The molecule has 0 spiro atoms. The molecule has 0 radical (unpaired) electrons. The molecule has 0 bridgehead atoms. The third-order valence-electron chi connectivity index (χ3n) is 1.68. The summed E-state index contributed by atoms with van der Waals surface area (Å²) in [4.78, 5) is 20.3. The number of carbonyl (C=O) groups excluding carboxylic acids is 1. The average molecular weight is 273 g/mol. The highest BCUT2D eigenvalue weighted by Gasteiger charge is 2.07. The maximum absolute atomic E-state index is 10.9. The lowest BCUT2D eigenvalue weighted by molar-refractivity contribution is -0.467. The molecule has 0 saturated carbocycles. The number of halogens is 1. The molecule has 0 aromatic heterocycles. The van der Waals surface area contributed by atoms with Crippen molar-refractivity contribution in [2.45, 2.75) is 6.54 Å². The van der Waals surface area contributed by atoms with Crippen molar-refractivity contribution >= 4 is 21.8 Å². The van der Waals surface area contributed by atoms with E-state index in [1.54, 1.807) is 0 Å². The van der Waals surface area contributed by atoms with E-state index in [-0.39, 0.29) is 0 Å². The first-order valence-corrected chi connectivity index (χ1v) is 5.00. The van der Waals surface area contributed by atoms with Crippen LogP contribution in [0.2, 0.25) is 0 Å². The smallest absolute Gasteiger partial charge is 0.292 e. The molecule has 0 aliphatic carbocycles. The summed E-state index contributed by atoms with van der Waals surface area (Å²) in [6.45, 7) is -0.378. The van der Waals surface area contributed by atoms with Gasteiger partial charge in [-0.25, -0.2) is 0 Å². The number of hydrogen-bond acceptors (Lipinski definition) is 3. The number of hydrogen-bond donors (Lipinski definition) is 1. The topological polar surface area (TPSA) is 72.2 Å². The van der Waals surface area contributed by atoms with Crippen LogP contribution in [-0.2, 0) is 11.3 Å². The van der Waals surface area contributed by atoms with Gasteiger partial charge in [-0.05, 0) is 17.7 Å². The van der Waals surface area contributed by atoms with Gasteiger partial charge in [0.15, 0.2) is 0 Å². The Balaban J connectivity index is 2.40. The van der Waals surface area contributed by atoms with Gasteiger partial charge in [-0.3, -0.25) is 14.9 Å². The van der Waals surface area contributed by atoms with Gasteiger partial charge in [-0.15, -0.1) is 0 Å². The van der Waals surface area contributed by atoms with E-state index in [0.717, 1.165) is 10.0 Å². The van der Waals surface area contributed by atoms with Crippen molar-refractivity contribution in [3.8, 4) is 0 Å². The first-order chi connectivity index (χ1) is 7.08. The maximum atomic E-state index is 10.9. The Labute approximate surface area is 94.8 Å². The zero-order valence-electron chi connectivity index (χ0n) is 7.77. The summed E-state index contributed by atoms with van der Waals surface area (Å²) in [6, 6.07) is 7.34. The minimum absolute atomic E-state index is 0.306. The van der Waals surface area contributed by atoms with Crippen LogP contribution in [0.5, 0.6) is 0 Å². The Bertz CT molecular complexity index is 364. The Morgan fingerprint density at radius 1 is 1.40 bits per heavy atom. The molecule has 1 aromatic rings. The van der Waals surface area contributed by atoms with E-state index in [2.05, 4.69) is 21.2 Å². The van der Waals surface area contributed by atoms with E-state index in [1.807, 2.05) is 24.3 Å². The van der Waals surface area contributed by atoms with E-state index >= 15 is 0 Å². The Hall–Kier alpha value is -1.43. The normalized spacial score (nSPS) is 9.67. The molecule has 0 aliphatic heterocycles. The molecule has 0 heterocycles. The molecule has 0 saturated heterocycles. The number of carbonyl (C=O) groups is 1. The summed E-state index contributed by atoms with van der Waals surface area (Å²) in [5.41, 5.74) is 0.898. The fraction of sp³-hybridized carbons (Fsp3) is 0.222. The van der Waals surface area contributed by atoms with Crippen LogP contribution in [0, 0.1) is 10.1 Å². The fourth-order valence-electron chi connectivity index (χ4n) is 0.976. The standard InChI is InChI=1S/C9H9BrN2O3/c10-8-3-1-7(2-4-8)5-11-9(13)6-12(14)15/h1-4H,5-6H2,(H,11,13). The molecule has 5 nitrogen and oxygen atoms in total. The number of amides is 1. The molecule has 0 atom stereocenters. The molecule has 1 amide bonds. The van der Waals surface area contributed by atoms with Crippen LogP contribution >= 0.6 is 15.9 Å². The van der Waals surface area contributed by atoms with Crippen LogP contribution in [0.1, 0.15) is 5.56 Å². The maximum Gasteiger partial charge on any atom is 0.292 e. The van der Waals surface area contributed by atoms with Gasteiger partial charge in [0.2, 0.25) is 0 Å². The number of rotatable bonds is 4. The summed E-state index contributed by atoms with van der Waals surface area (Å²) in [7, 11) is 0. The van der Waals surface area contributed by atoms with Crippen LogP contribution < -0.4 is 5.32 Å². The number of nitrogens with zero attached hydrogens (tertiary/aromatic N) is 1. The second kappa shape index (κ2) is 5.45. The first kappa shape index (κ1) is 11.6. The van der Waals surface area contributed by atoms with Crippen molar-refractivity contribution in [1.82, 2.24) is 5.32 Å². The van der Waals surface area contributed by atoms with Gasteiger partial charge in [0.1, 0.15) is 0 Å². The van der Waals surface area contributed by atoms with Crippen LogP contribution in [-0.4, -0.2) is 17.4 Å². The molecule has 1 N–H and O–H groups in total. The minimum Gasteiger partial charge on any atom is -0.346 e. The Morgan fingerprint density at radius 2 is 2.00 bits per heavy atom. The molecule has 1 aromatic carbocycles. The van der Waals surface area contributed by atoms with Gasteiger partial charge < -0.3 is 5.32 Å². The molecule has 6 heteroatoms. The van der Waals surface area contributed by atoms with E-state index in [4.69, 9.17) is 0 Å². The predicted octanol–water partition coefficient (Wildman–Crippen LogP) is 1.34. The van der Waals surface area contributed by atoms with Gasteiger partial charge in [0.25, 0.3) is 12.5 Å². The van der Waals surface area contributed by atoms with E-state index < -0.39 is 17.4 Å². The molecule has 0 unspecified atom stereocenters. The monoisotopic (exact) mass is 272 g/mol. The molecule has 15 heavy (non-hydrogen) atoms. The number of nitro groups is 1. The predicted molar refractivity (Wildman–Crippen MR) is 57.9 cm³/mol. The molecule has 0 fully saturated rings. The van der Waals surface area contributed by atoms with Gasteiger partial charge in [-0.1, -0.05) is 28.1 Å². The zero-order chi connectivity index (χ0) is 11.3. The van der Waals surface area contributed by atoms with Crippen molar-refractivity contribution < 1.29 is 9.72 Å². The lowest BCUT2D eigenvalue weighted by atomic mass is 10.2. The van der Waals surface area contributed by atoms with Gasteiger partial charge >= 0.3 is 0 Å². The summed E-state index contributed by atoms with van der Waals surface area (Å²) < 4.78 is 0.947. The van der Waals surface area contributed by atoms with Crippen molar-refractivity contribution in [2.24, 2.45) is 0 Å². The molecular formula is C9H9BrN2O3. The SMILES string of the molecule is O=C(C[N+](=O)[O-])NCc1ccc(Br)cc1. The third-order valence-corrected chi connectivity index (χ3v) is 2.20. The zero-order valence-corrected chi connectivity index (χ0v) is 9.36. The largest absolute Gasteiger partial charge is 0.346 e. The molecular weight excluding hydrogens is 264 g/mol. The summed E-state index contributed by atoms with van der Waals surface area (Å²) >= 11 is 3.28. The lowest BCUT2D eigenvalue weighted by Crippen LogP contribution is -2.29. The van der Waals surface area contributed by atoms with E-state index in [0.29, 0.717) is 6.54 Å². The lowest BCUT2D eigenvalue weighted by Gasteiger charge is -2.02. The van der Waals surface area contributed by atoms with Gasteiger partial charge in [-0.2, -0.15) is 0 Å². The van der Waals surface area contributed by atoms with Crippen molar-refractivity contribution in [3.05, 3.63) is 44.4 Å². The van der Waals surface area contributed by atoms with E-state index in [9.17, 15) is 14.9 Å². The van der Waals surface area contributed by atoms with Crippen LogP contribution in [0.25, 0.3) is 0 Å².